The zero-order valence-corrected chi connectivity index (χ0v) is 20.1. The minimum absolute atomic E-state index is 0.0688. The van der Waals surface area contributed by atoms with Crippen molar-refractivity contribution in [3.8, 4) is 0 Å². The number of aryl methyl sites for hydroxylation is 2. The molecule has 1 unspecified atom stereocenters. The summed E-state index contributed by atoms with van der Waals surface area (Å²) in [6.45, 7) is 2.00. The number of hydrogen-bond acceptors (Lipinski definition) is 4. The number of nitrogens with zero attached hydrogens (tertiary/aromatic N) is 4. The van der Waals surface area contributed by atoms with E-state index in [1.165, 1.54) is 12.8 Å². The number of carbonyl (C=O) groups is 1. The second kappa shape index (κ2) is 7.81. The van der Waals surface area contributed by atoms with Crippen LogP contribution in [0.25, 0.3) is 11.0 Å². The number of fused-ring (bicyclic) bond motifs is 3. The molecule has 1 aromatic carbocycles. The minimum atomic E-state index is 0.0688. The van der Waals surface area contributed by atoms with E-state index in [1.807, 2.05) is 54.9 Å². The van der Waals surface area contributed by atoms with E-state index >= 15 is 0 Å². The molecule has 2 saturated heterocycles. The lowest BCUT2D eigenvalue weighted by Gasteiger charge is -2.35. The van der Waals surface area contributed by atoms with E-state index in [2.05, 4.69) is 16.4 Å². The van der Waals surface area contributed by atoms with Crippen molar-refractivity contribution in [1.82, 2.24) is 25.0 Å². The molecule has 172 valence electrons. The molecule has 5 atom stereocenters. The van der Waals surface area contributed by atoms with Gasteiger partial charge in [-0.3, -0.25) is 9.48 Å². The molecule has 1 saturated carbocycles. The molecule has 6 rings (SSSR count). The molecule has 2 aliphatic heterocycles. The average Bonchev–Trinajstić information content (AvgIpc) is 3.43. The summed E-state index contributed by atoms with van der Waals surface area (Å²) in [7, 11) is 3.89. The molecular weight excluding hydrogens is 434 g/mol. The Kier molecular flexibility index (Phi) is 5.00. The predicted molar refractivity (Wildman–Crippen MR) is 130 cm³/mol. The van der Waals surface area contributed by atoms with Crippen LogP contribution in [-0.4, -0.2) is 50.7 Å². The molecule has 33 heavy (non-hydrogen) atoms. The van der Waals surface area contributed by atoms with E-state index in [9.17, 15) is 4.79 Å². The SMILES string of the molecule is Cc1ccc2c([C@@H]3C[C@H]3c3ccc(C(=O)N(C)C4C[C@H]5CC[C@@H](C4)N5)cc3Cl)nn(C)c2n1. The van der Waals surface area contributed by atoms with Gasteiger partial charge in [-0.1, -0.05) is 17.7 Å². The number of carbonyl (C=O) groups excluding carboxylic acids is 1. The number of hydrogen-bond donors (Lipinski definition) is 1. The monoisotopic (exact) mass is 463 g/mol. The minimum Gasteiger partial charge on any atom is -0.339 e. The van der Waals surface area contributed by atoms with Crippen LogP contribution in [0.4, 0.5) is 0 Å². The maximum absolute atomic E-state index is 13.2. The highest BCUT2D eigenvalue weighted by atomic mass is 35.5. The zero-order valence-electron chi connectivity index (χ0n) is 19.4. The van der Waals surface area contributed by atoms with Gasteiger partial charge >= 0.3 is 0 Å². The summed E-state index contributed by atoms with van der Waals surface area (Å²) in [4.78, 5) is 19.8. The molecule has 7 heteroatoms. The van der Waals surface area contributed by atoms with Crippen LogP contribution in [0.1, 0.15) is 71.2 Å². The van der Waals surface area contributed by atoms with Crippen molar-refractivity contribution < 1.29 is 4.79 Å². The van der Waals surface area contributed by atoms with E-state index in [-0.39, 0.29) is 5.91 Å². The van der Waals surface area contributed by atoms with E-state index in [0.717, 1.165) is 47.2 Å². The number of nitrogens with one attached hydrogen (secondary N) is 1. The molecule has 4 heterocycles. The van der Waals surface area contributed by atoms with Gasteiger partial charge in [0.25, 0.3) is 5.91 Å². The fourth-order valence-corrected chi connectivity index (χ4v) is 6.36. The third-order valence-electron chi connectivity index (χ3n) is 7.96. The third-order valence-corrected chi connectivity index (χ3v) is 8.29. The van der Waals surface area contributed by atoms with Gasteiger partial charge in [-0.25, -0.2) is 4.98 Å². The molecule has 0 radical (unpaired) electrons. The van der Waals surface area contributed by atoms with Gasteiger partial charge in [-0.05, 0) is 74.8 Å². The Balaban J connectivity index is 1.20. The number of halogens is 1. The van der Waals surface area contributed by atoms with Crippen molar-refractivity contribution in [1.29, 1.82) is 0 Å². The third kappa shape index (κ3) is 3.64. The zero-order chi connectivity index (χ0) is 22.9. The van der Waals surface area contributed by atoms with Crippen LogP contribution in [0.15, 0.2) is 30.3 Å². The summed E-state index contributed by atoms with van der Waals surface area (Å²) in [5.74, 6) is 0.739. The van der Waals surface area contributed by atoms with Crippen LogP contribution in [-0.2, 0) is 7.05 Å². The van der Waals surface area contributed by atoms with Gasteiger partial charge in [0.1, 0.15) is 0 Å². The quantitative estimate of drug-likeness (QED) is 0.616. The lowest BCUT2D eigenvalue weighted by molar-refractivity contribution is 0.0681. The number of pyridine rings is 1. The average molecular weight is 464 g/mol. The smallest absolute Gasteiger partial charge is 0.253 e. The second-order valence-corrected chi connectivity index (χ2v) is 10.6. The Labute approximate surface area is 199 Å². The Bertz CT molecular complexity index is 1240. The van der Waals surface area contributed by atoms with Gasteiger partial charge in [0.2, 0.25) is 0 Å². The van der Waals surface area contributed by atoms with Crippen LogP contribution in [0.5, 0.6) is 0 Å². The lowest BCUT2D eigenvalue weighted by atomic mass is 9.97. The largest absolute Gasteiger partial charge is 0.339 e. The molecule has 3 aromatic rings. The van der Waals surface area contributed by atoms with Gasteiger partial charge in [0.15, 0.2) is 5.65 Å². The number of amides is 1. The standard InChI is InChI=1S/C26H30ClN5O/c1-14-4-8-20-24(30-32(3)25(20)28-14)22-13-21(22)19-9-5-15(10-23(19)27)26(33)31(2)18-11-16-6-7-17(12-18)29-16/h4-5,8-10,16-18,21-22,29H,6-7,11-13H2,1-3H3/t16-,17+,18?,21-,22+/m0/s1. The van der Waals surface area contributed by atoms with Crippen LogP contribution in [0, 0.1) is 6.92 Å². The van der Waals surface area contributed by atoms with E-state index in [1.54, 1.807) is 0 Å². The summed E-state index contributed by atoms with van der Waals surface area (Å²) in [6, 6.07) is 11.5. The van der Waals surface area contributed by atoms with Crippen LogP contribution in [0.3, 0.4) is 0 Å². The molecule has 1 aliphatic carbocycles. The van der Waals surface area contributed by atoms with Crippen molar-refractivity contribution in [2.24, 2.45) is 7.05 Å². The van der Waals surface area contributed by atoms with Gasteiger partial charge in [-0.15, -0.1) is 0 Å². The maximum atomic E-state index is 13.2. The maximum Gasteiger partial charge on any atom is 0.253 e. The van der Waals surface area contributed by atoms with E-state index in [4.69, 9.17) is 16.7 Å². The summed E-state index contributed by atoms with van der Waals surface area (Å²) in [5.41, 5.74) is 4.81. The highest BCUT2D eigenvalue weighted by Gasteiger charge is 2.44. The second-order valence-electron chi connectivity index (χ2n) is 10.2. The van der Waals surface area contributed by atoms with Crippen molar-refractivity contribution in [3.05, 3.63) is 57.9 Å². The number of piperidine rings is 1. The summed E-state index contributed by atoms with van der Waals surface area (Å²) < 4.78 is 1.87. The van der Waals surface area contributed by atoms with Crippen molar-refractivity contribution in [2.45, 2.75) is 69.0 Å². The molecule has 0 spiro atoms. The highest BCUT2D eigenvalue weighted by molar-refractivity contribution is 6.31. The molecule has 1 amide bonds. The normalized spacial score (nSPS) is 28.3. The summed E-state index contributed by atoms with van der Waals surface area (Å²) in [5, 5.41) is 10.2. The first-order valence-corrected chi connectivity index (χ1v) is 12.4. The molecule has 3 aliphatic rings. The topological polar surface area (TPSA) is 63.1 Å². The first-order chi connectivity index (χ1) is 15.9. The van der Waals surface area contributed by atoms with Gasteiger partial charge in [-0.2, -0.15) is 5.10 Å². The molecule has 2 bridgehead atoms. The molecule has 3 fully saturated rings. The number of aromatic nitrogens is 3. The van der Waals surface area contributed by atoms with E-state index < -0.39 is 0 Å². The number of benzene rings is 1. The number of rotatable bonds is 4. The lowest BCUT2D eigenvalue weighted by Crippen LogP contribution is -2.48. The first kappa shape index (κ1) is 21.1. The van der Waals surface area contributed by atoms with Crippen molar-refractivity contribution in [3.63, 3.8) is 0 Å². The van der Waals surface area contributed by atoms with Gasteiger partial charge in [0.05, 0.1) is 5.69 Å². The van der Waals surface area contributed by atoms with Crippen LogP contribution >= 0.6 is 11.6 Å². The fraction of sp³-hybridized carbons (Fsp3) is 0.500. The van der Waals surface area contributed by atoms with Gasteiger partial charge < -0.3 is 10.2 Å². The first-order valence-electron chi connectivity index (χ1n) is 12.0. The van der Waals surface area contributed by atoms with Crippen LogP contribution < -0.4 is 5.32 Å². The highest BCUT2D eigenvalue weighted by Crippen LogP contribution is 2.56. The molecular formula is C26H30ClN5O. The molecule has 1 N–H and O–H groups in total. The molecule has 6 nitrogen and oxygen atoms in total. The van der Waals surface area contributed by atoms with Gasteiger partial charge in [0, 0.05) is 59.8 Å². The summed E-state index contributed by atoms with van der Waals surface area (Å²) >= 11 is 6.73. The Morgan fingerprint density at radius 2 is 1.88 bits per heavy atom. The predicted octanol–water partition coefficient (Wildman–Crippen LogP) is 4.56. The Hall–Kier alpha value is -2.44. The Morgan fingerprint density at radius 3 is 2.61 bits per heavy atom. The van der Waals surface area contributed by atoms with Crippen molar-refractivity contribution in [2.75, 3.05) is 7.05 Å². The van der Waals surface area contributed by atoms with Crippen LogP contribution in [0.2, 0.25) is 5.02 Å². The van der Waals surface area contributed by atoms with E-state index in [0.29, 0.717) is 40.5 Å². The Morgan fingerprint density at radius 1 is 1.12 bits per heavy atom. The molecule has 2 aromatic heterocycles. The summed E-state index contributed by atoms with van der Waals surface area (Å²) in [6.07, 6.45) is 5.56. The van der Waals surface area contributed by atoms with Crippen molar-refractivity contribution >= 4 is 28.5 Å². The fourth-order valence-electron chi connectivity index (χ4n) is 6.04.